The fourth-order valence-electron chi connectivity index (χ4n) is 1.29. The summed E-state index contributed by atoms with van der Waals surface area (Å²) in [4.78, 5) is 11.8. The molecule has 0 saturated heterocycles. The van der Waals surface area contributed by atoms with Gasteiger partial charge in [0.1, 0.15) is 11.6 Å². The van der Waals surface area contributed by atoms with Crippen molar-refractivity contribution in [2.45, 2.75) is 13.3 Å². The highest BCUT2D eigenvalue weighted by molar-refractivity contribution is 7.80. The standard InChI is InChI=1S/C12H14F2N2OS/c1-7(12(15)18)6-16-11(17)5-8-9(13)3-2-4-10(8)14/h2-4,7H,5-6H2,1H3,(H2,15,18)(H,16,17). The number of carbonyl (C=O) groups is 1. The number of nitrogens with two attached hydrogens (primary N) is 1. The summed E-state index contributed by atoms with van der Waals surface area (Å²) in [6.07, 6.45) is -0.345. The third-order valence-electron chi connectivity index (χ3n) is 2.49. The van der Waals surface area contributed by atoms with Gasteiger partial charge in [-0.3, -0.25) is 4.79 Å². The number of hydrogen-bond acceptors (Lipinski definition) is 2. The predicted molar refractivity (Wildman–Crippen MR) is 69.0 cm³/mol. The highest BCUT2D eigenvalue weighted by atomic mass is 32.1. The molecule has 0 heterocycles. The highest BCUT2D eigenvalue weighted by Crippen LogP contribution is 2.12. The minimum Gasteiger partial charge on any atom is -0.393 e. The van der Waals surface area contributed by atoms with E-state index in [2.05, 4.69) is 5.32 Å². The van der Waals surface area contributed by atoms with E-state index in [9.17, 15) is 13.6 Å². The fraction of sp³-hybridized carbons (Fsp3) is 0.333. The maximum Gasteiger partial charge on any atom is 0.224 e. The molecule has 0 bridgehead atoms. The lowest BCUT2D eigenvalue weighted by Gasteiger charge is -2.11. The molecule has 0 aliphatic heterocycles. The Hall–Kier alpha value is -1.56. The van der Waals surface area contributed by atoms with E-state index >= 15 is 0 Å². The lowest BCUT2D eigenvalue weighted by atomic mass is 10.1. The average Bonchev–Trinajstić information content (AvgIpc) is 2.30. The SMILES string of the molecule is CC(CNC(=O)Cc1c(F)cccc1F)C(N)=S. The Balaban J connectivity index is 2.58. The Labute approximate surface area is 109 Å². The zero-order valence-electron chi connectivity index (χ0n) is 9.87. The number of amides is 1. The molecule has 1 amide bonds. The van der Waals surface area contributed by atoms with Crippen molar-refractivity contribution in [3.8, 4) is 0 Å². The van der Waals surface area contributed by atoms with Gasteiger partial charge in [0, 0.05) is 18.0 Å². The van der Waals surface area contributed by atoms with Gasteiger partial charge >= 0.3 is 0 Å². The molecule has 1 rings (SSSR count). The molecule has 0 aliphatic rings. The second-order valence-corrected chi connectivity index (χ2v) is 4.46. The quantitative estimate of drug-likeness (QED) is 0.800. The second kappa shape index (κ2) is 6.39. The van der Waals surface area contributed by atoms with Gasteiger partial charge in [0.2, 0.25) is 5.91 Å². The summed E-state index contributed by atoms with van der Waals surface area (Å²) in [6.45, 7) is 2.01. The van der Waals surface area contributed by atoms with Gasteiger partial charge in [0.25, 0.3) is 0 Å². The first kappa shape index (κ1) is 14.5. The number of benzene rings is 1. The lowest BCUT2D eigenvalue weighted by Crippen LogP contribution is -2.34. The maximum atomic E-state index is 13.3. The van der Waals surface area contributed by atoms with Crippen LogP contribution in [-0.4, -0.2) is 17.4 Å². The van der Waals surface area contributed by atoms with E-state index < -0.39 is 17.5 Å². The van der Waals surface area contributed by atoms with Crippen LogP contribution in [-0.2, 0) is 11.2 Å². The van der Waals surface area contributed by atoms with Crippen molar-refractivity contribution >= 4 is 23.1 Å². The molecule has 1 aromatic rings. The smallest absolute Gasteiger partial charge is 0.224 e. The summed E-state index contributed by atoms with van der Waals surface area (Å²) in [5.41, 5.74) is 5.15. The van der Waals surface area contributed by atoms with Crippen LogP contribution in [0.1, 0.15) is 12.5 Å². The Morgan fingerprint density at radius 3 is 2.50 bits per heavy atom. The van der Waals surface area contributed by atoms with Crippen molar-refractivity contribution in [3.05, 3.63) is 35.4 Å². The second-order valence-electron chi connectivity index (χ2n) is 3.98. The van der Waals surface area contributed by atoms with Crippen molar-refractivity contribution in [3.63, 3.8) is 0 Å². The minimum atomic E-state index is -0.729. The molecule has 3 nitrogen and oxygen atoms in total. The van der Waals surface area contributed by atoms with Crippen LogP contribution in [0.15, 0.2) is 18.2 Å². The fourth-order valence-corrected chi connectivity index (χ4v) is 1.38. The molecular weight excluding hydrogens is 258 g/mol. The Bertz CT molecular complexity index is 445. The number of hydrogen-bond donors (Lipinski definition) is 2. The first-order chi connectivity index (χ1) is 8.41. The van der Waals surface area contributed by atoms with E-state index in [-0.39, 0.29) is 29.4 Å². The van der Waals surface area contributed by atoms with E-state index in [4.69, 9.17) is 18.0 Å². The first-order valence-electron chi connectivity index (χ1n) is 5.40. The summed E-state index contributed by atoms with van der Waals surface area (Å²) >= 11 is 4.75. The van der Waals surface area contributed by atoms with Crippen molar-refractivity contribution < 1.29 is 13.6 Å². The van der Waals surface area contributed by atoms with Crippen LogP contribution < -0.4 is 11.1 Å². The van der Waals surface area contributed by atoms with Crippen LogP contribution in [0, 0.1) is 17.6 Å². The maximum absolute atomic E-state index is 13.3. The molecule has 3 N–H and O–H groups in total. The van der Waals surface area contributed by atoms with E-state index in [1.807, 2.05) is 0 Å². The van der Waals surface area contributed by atoms with Gasteiger partial charge in [-0.2, -0.15) is 0 Å². The van der Waals surface area contributed by atoms with E-state index in [0.717, 1.165) is 12.1 Å². The zero-order valence-corrected chi connectivity index (χ0v) is 10.7. The van der Waals surface area contributed by atoms with Gasteiger partial charge in [-0.1, -0.05) is 25.2 Å². The van der Waals surface area contributed by atoms with Crippen molar-refractivity contribution in [2.75, 3.05) is 6.54 Å². The van der Waals surface area contributed by atoms with Crippen LogP contribution >= 0.6 is 12.2 Å². The van der Waals surface area contributed by atoms with Gasteiger partial charge in [-0.25, -0.2) is 8.78 Å². The topological polar surface area (TPSA) is 55.1 Å². The highest BCUT2D eigenvalue weighted by Gasteiger charge is 2.14. The van der Waals surface area contributed by atoms with Crippen LogP contribution in [0.5, 0.6) is 0 Å². The van der Waals surface area contributed by atoms with Crippen LogP contribution in [0.2, 0.25) is 0 Å². The zero-order chi connectivity index (χ0) is 13.7. The monoisotopic (exact) mass is 272 g/mol. The molecule has 1 unspecified atom stereocenters. The Morgan fingerprint density at radius 2 is 2.00 bits per heavy atom. The molecule has 18 heavy (non-hydrogen) atoms. The average molecular weight is 272 g/mol. The largest absolute Gasteiger partial charge is 0.393 e. The number of rotatable bonds is 5. The van der Waals surface area contributed by atoms with Crippen LogP contribution in [0.4, 0.5) is 8.78 Å². The molecule has 0 aliphatic carbocycles. The summed E-state index contributed by atoms with van der Waals surface area (Å²) in [5.74, 6) is -2.09. The summed E-state index contributed by atoms with van der Waals surface area (Å²) in [6, 6.07) is 3.48. The van der Waals surface area contributed by atoms with Crippen LogP contribution in [0.25, 0.3) is 0 Å². The lowest BCUT2D eigenvalue weighted by molar-refractivity contribution is -0.120. The molecule has 98 valence electrons. The van der Waals surface area contributed by atoms with Gasteiger partial charge < -0.3 is 11.1 Å². The molecular formula is C12H14F2N2OS. The Morgan fingerprint density at radius 1 is 1.44 bits per heavy atom. The van der Waals surface area contributed by atoms with Crippen molar-refractivity contribution in [1.29, 1.82) is 0 Å². The molecule has 0 saturated carbocycles. The summed E-state index contributed by atoms with van der Waals surface area (Å²) < 4.78 is 26.6. The number of carbonyl (C=O) groups excluding carboxylic acids is 1. The third-order valence-corrected chi connectivity index (χ3v) is 2.89. The molecule has 0 fully saturated rings. The van der Waals surface area contributed by atoms with Gasteiger partial charge in [-0.15, -0.1) is 0 Å². The number of thiocarbonyl (C=S) groups is 1. The summed E-state index contributed by atoms with van der Waals surface area (Å²) in [7, 11) is 0. The summed E-state index contributed by atoms with van der Waals surface area (Å²) in [5, 5.41) is 2.53. The van der Waals surface area contributed by atoms with E-state index in [1.54, 1.807) is 6.92 Å². The van der Waals surface area contributed by atoms with E-state index in [0.29, 0.717) is 0 Å². The van der Waals surface area contributed by atoms with Gasteiger partial charge in [0.05, 0.1) is 11.4 Å². The number of nitrogens with one attached hydrogen (secondary N) is 1. The van der Waals surface area contributed by atoms with Gasteiger partial charge in [-0.05, 0) is 12.1 Å². The molecule has 6 heteroatoms. The van der Waals surface area contributed by atoms with E-state index in [1.165, 1.54) is 6.07 Å². The van der Waals surface area contributed by atoms with Gasteiger partial charge in [0.15, 0.2) is 0 Å². The minimum absolute atomic E-state index is 0.158. The Kier molecular flexibility index (Phi) is 5.15. The molecule has 0 radical (unpaired) electrons. The molecule has 1 atom stereocenters. The van der Waals surface area contributed by atoms with Crippen molar-refractivity contribution in [1.82, 2.24) is 5.32 Å². The first-order valence-corrected chi connectivity index (χ1v) is 5.81. The molecule has 0 spiro atoms. The third kappa shape index (κ3) is 4.03. The predicted octanol–water partition coefficient (Wildman–Crippen LogP) is 1.55. The van der Waals surface area contributed by atoms with Crippen molar-refractivity contribution in [2.24, 2.45) is 11.7 Å². The number of halogens is 2. The molecule has 1 aromatic carbocycles. The normalized spacial score (nSPS) is 11.9. The molecule has 0 aromatic heterocycles. The van der Waals surface area contributed by atoms with Crippen LogP contribution in [0.3, 0.4) is 0 Å².